The molecule has 1 aromatic rings. The van der Waals surface area contributed by atoms with E-state index in [1.165, 1.54) is 11.3 Å². The zero-order chi connectivity index (χ0) is 17.5. The summed E-state index contributed by atoms with van der Waals surface area (Å²) in [5.41, 5.74) is -0.377. The van der Waals surface area contributed by atoms with Gasteiger partial charge < -0.3 is 14.5 Å². The largest absolute Gasteiger partial charge is 0.495 e. The van der Waals surface area contributed by atoms with Gasteiger partial charge in [0.05, 0.1) is 12.5 Å². The number of likely N-dealkylation sites (tertiary alicyclic amines) is 2. The lowest BCUT2D eigenvalue weighted by Gasteiger charge is -2.41. The Morgan fingerprint density at radius 2 is 2.08 bits per heavy atom. The number of methoxy groups -OCH3 is 1. The predicted molar refractivity (Wildman–Crippen MR) is 94.6 cm³/mol. The second-order valence-electron chi connectivity index (χ2n) is 7.21. The van der Waals surface area contributed by atoms with Gasteiger partial charge in [-0.15, -0.1) is 11.3 Å². The van der Waals surface area contributed by atoms with E-state index in [1.807, 2.05) is 22.8 Å². The molecule has 24 heavy (non-hydrogen) atoms. The Morgan fingerprint density at radius 3 is 2.75 bits per heavy atom. The lowest BCUT2D eigenvalue weighted by Crippen LogP contribution is -2.52. The Labute approximate surface area is 147 Å². The number of amides is 2. The SMILES string of the molecule is COc1cc(C)sc1C(=O)N1CC[C@]2(CCCN(C(C)C)C2=O)C1. The van der Waals surface area contributed by atoms with Crippen molar-refractivity contribution in [2.24, 2.45) is 5.41 Å². The molecular weight excluding hydrogens is 324 g/mol. The highest BCUT2D eigenvalue weighted by molar-refractivity contribution is 7.14. The molecular formula is C18H26N2O3S. The van der Waals surface area contributed by atoms with E-state index in [1.54, 1.807) is 7.11 Å². The molecule has 2 fully saturated rings. The first kappa shape index (κ1) is 17.3. The number of hydrogen-bond acceptors (Lipinski definition) is 4. The van der Waals surface area contributed by atoms with E-state index in [0.29, 0.717) is 23.7 Å². The van der Waals surface area contributed by atoms with Crippen molar-refractivity contribution in [2.45, 2.75) is 46.1 Å². The Bertz CT molecular complexity index is 655. The van der Waals surface area contributed by atoms with E-state index < -0.39 is 0 Å². The van der Waals surface area contributed by atoms with Crippen molar-refractivity contribution in [1.29, 1.82) is 0 Å². The standard InChI is InChI=1S/C18H26N2O3S/c1-12(2)20-8-5-6-18(17(20)22)7-9-19(11-18)16(21)15-14(23-4)10-13(3)24-15/h10,12H,5-9,11H2,1-4H3/t18-/m1/s1. The molecule has 5 nitrogen and oxygen atoms in total. The lowest BCUT2D eigenvalue weighted by atomic mass is 9.78. The summed E-state index contributed by atoms with van der Waals surface area (Å²) in [4.78, 5) is 31.4. The van der Waals surface area contributed by atoms with Crippen LogP contribution in [0, 0.1) is 12.3 Å². The van der Waals surface area contributed by atoms with Crippen molar-refractivity contribution < 1.29 is 14.3 Å². The number of ether oxygens (including phenoxy) is 1. The summed E-state index contributed by atoms with van der Waals surface area (Å²) >= 11 is 1.46. The van der Waals surface area contributed by atoms with E-state index in [0.717, 1.165) is 30.7 Å². The highest BCUT2D eigenvalue weighted by Gasteiger charge is 2.50. The summed E-state index contributed by atoms with van der Waals surface area (Å²) in [7, 11) is 1.59. The number of aryl methyl sites for hydroxylation is 1. The van der Waals surface area contributed by atoms with Crippen molar-refractivity contribution in [3.63, 3.8) is 0 Å². The van der Waals surface area contributed by atoms with E-state index in [2.05, 4.69) is 13.8 Å². The molecule has 2 aliphatic rings. The Morgan fingerprint density at radius 1 is 1.33 bits per heavy atom. The molecule has 0 unspecified atom stereocenters. The van der Waals surface area contributed by atoms with Gasteiger partial charge in [0.1, 0.15) is 10.6 Å². The molecule has 1 aromatic heterocycles. The van der Waals surface area contributed by atoms with Crippen LogP contribution in [0.1, 0.15) is 47.7 Å². The van der Waals surface area contributed by atoms with Crippen LogP contribution in [-0.2, 0) is 4.79 Å². The molecule has 2 aliphatic heterocycles. The maximum atomic E-state index is 13.0. The van der Waals surface area contributed by atoms with Crippen LogP contribution in [-0.4, -0.2) is 54.4 Å². The first-order chi connectivity index (χ1) is 11.4. The molecule has 0 aliphatic carbocycles. The fourth-order valence-electron chi connectivity index (χ4n) is 3.95. The van der Waals surface area contributed by atoms with Crippen LogP contribution in [0.15, 0.2) is 6.07 Å². The summed E-state index contributed by atoms with van der Waals surface area (Å²) in [5.74, 6) is 0.867. The molecule has 6 heteroatoms. The normalized spacial score (nSPS) is 24.3. The van der Waals surface area contributed by atoms with E-state index in [9.17, 15) is 9.59 Å². The predicted octanol–water partition coefficient (Wildman–Crippen LogP) is 2.93. The van der Waals surface area contributed by atoms with Crippen molar-refractivity contribution >= 4 is 23.2 Å². The molecule has 1 atom stereocenters. The number of hydrogen-bond donors (Lipinski definition) is 0. The van der Waals surface area contributed by atoms with Crippen LogP contribution in [0.5, 0.6) is 5.75 Å². The summed E-state index contributed by atoms with van der Waals surface area (Å²) in [6.07, 6.45) is 2.68. The van der Waals surface area contributed by atoms with Crippen LogP contribution in [0.25, 0.3) is 0 Å². The first-order valence-electron chi connectivity index (χ1n) is 8.63. The van der Waals surface area contributed by atoms with Gasteiger partial charge >= 0.3 is 0 Å². The minimum absolute atomic E-state index is 0.00343. The molecule has 2 saturated heterocycles. The smallest absolute Gasteiger partial charge is 0.267 e. The van der Waals surface area contributed by atoms with Crippen LogP contribution in [0.3, 0.4) is 0 Å². The molecule has 0 aromatic carbocycles. The third-order valence-corrected chi connectivity index (χ3v) is 6.29. The second-order valence-corrected chi connectivity index (χ2v) is 8.46. The maximum Gasteiger partial charge on any atom is 0.267 e. The van der Waals surface area contributed by atoms with Crippen molar-refractivity contribution in [2.75, 3.05) is 26.7 Å². The number of carbonyl (C=O) groups excluding carboxylic acids is 2. The van der Waals surface area contributed by atoms with Gasteiger partial charge in [0.25, 0.3) is 5.91 Å². The highest BCUT2D eigenvalue weighted by atomic mass is 32.1. The number of piperidine rings is 1. The van der Waals surface area contributed by atoms with Gasteiger partial charge in [-0.25, -0.2) is 0 Å². The Kier molecular flexibility index (Phi) is 4.60. The van der Waals surface area contributed by atoms with Gasteiger partial charge in [0.15, 0.2) is 0 Å². The molecule has 0 N–H and O–H groups in total. The maximum absolute atomic E-state index is 13.0. The van der Waals surface area contributed by atoms with Gasteiger partial charge in [-0.2, -0.15) is 0 Å². The molecule has 132 valence electrons. The fraction of sp³-hybridized carbons (Fsp3) is 0.667. The van der Waals surface area contributed by atoms with Crippen molar-refractivity contribution in [3.8, 4) is 5.75 Å². The minimum atomic E-state index is -0.377. The highest BCUT2D eigenvalue weighted by Crippen LogP contribution is 2.42. The quantitative estimate of drug-likeness (QED) is 0.842. The van der Waals surface area contributed by atoms with Crippen LogP contribution in [0.2, 0.25) is 0 Å². The number of carbonyl (C=O) groups is 2. The molecule has 0 saturated carbocycles. The van der Waals surface area contributed by atoms with Gasteiger partial charge in [-0.3, -0.25) is 9.59 Å². The summed E-state index contributed by atoms with van der Waals surface area (Å²) < 4.78 is 5.34. The number of nitrogens with zero attached hydrogens (tertiary/aromatic N) is 2. The monoisotopic (exact) mass is 350 g/mol. The summed E-state index contributed by atoms with van der Waals surface area (Å²) in [5, 5.41) is 0. The average molecular weight is 350 g/mol. The Balaban J connectivity index is 1.79. The molecule has 2 amide bonds. The van der Waals surface area contributed by atoms with Crippen molar-refractivity contribution in [1.82, 2.24) is 9.80 Å². The van der Waals surface area contributed by atoms with Crippen molar-refractivity contribution in [3.05, 3.63) is 15.8 Å². The summed E-state index contributed by atoms with van der Waals surface area (Å²) in [6, 6.07) is 2.12. The van der Waals surface area contributed by atoms with Gasteiger partial charge in [0, 0.05) is 30.6 Å². The summed E-state index contributed by atoms with van der Waals surface area (Å²) in [6.45, 7) is 8.12. The van der Waals surface area contributed by atoms with E-state index in [4.69, 9.17) is 4.74 Å². The van der Waals surface area contributed by atoms with Gasteiger partial charge in [0.2, 0.25) is 5.91 Å². The zero-order valence-corrected chi connectivity index (χ0v) is 15.7. The second kappa shape index (κ2) is 6.39. The molecule has 0 bridgehead atoms. The zero-order valence-electron chi connectivity index (χ0n) is 14.9. The minimum Gasteiger partial charge on any atom is -0.495 e. The number of rotatable bonds is 3. The fourth-order valence-corrected chi connectivity index (χ4v) is 4.90. The topological polar surface area (TPSA) is 49.9 Å². The van der Waals surface area contributed by atoms with E-state index >= 15 is 0 Å². The van der Waals surface area contributed by atoms with Crippen LogP contribution in [0.4, 0.5) is 0 Å². The molecule has 3 heterocycles. The van der Waals surface area contributed by atoms with Crippen LogP contribution >= 0.6 is 11.3 Å². The van der Waals surface area contributed by atoms with E-state index in [-0.39, 0.29) is 23.3 Å². The van der Waals surface area contributed by atoms with Gasteiger partial charge in [-0.1, -0.05) is 0 Å². The Hall–Kier alpha value is -1.56. The first-order valence-corrected chi connectivity index (χ1v) is 9.44. The molecule has 0 radical (unpaired) electrons. The molecule has 1 spiro atoms. The van der Waals surface area contributed by atoms with Crippen LogP contribution < -0.4 is 4.74 Å². The average Bonchev–Trinajstić information content (AvgIpc) is 3.13. The lowest BCUT2D eigenvalue weighted by molar-refractivity contribution is -0.147. The molecule has 3 rings (SSSR count). The van der Waals surface area contributed by atoms with Gasteiger partial charge in [-0.05, 0) is 46.1 Å². The third-order valence-electron chi connectivity index (χ3n) is 5.27. The third kappa shape index (κ3) is 2.81. The number of thiophene rings is 1.